The maximum atomic E-state index is 12.7. The van der Waals surface area contributed by atoms with E-state index in [1.807, 2.05) is 4.90 Å². The Bertz CT molecular complexity index is 698. The number of nitrogens with two attached hydrogens (primary N) is 1. The van der Waals surface area contributed by atoms with E-state index in [1.165, 1.54) is 0 Å². The normalized spacial score (nSPS) is 24.4. The number of carbonyl (C=O) groups excluding carboxylic acids is 2. The molecule has 2 atom stereocenters. The molecule has 2 aliphatic rings. The fourth-order valence-electron chi connectivity index (χ4n) is 4.06. The van der Waals surface area contributed by atoms with E-state index in [0.29, 0.717) is 25.9 Å². The first-order valence-corrected chi connectivity index (χ1v) is 9.69. The topological polar surface area (TPSA) is 102 Å². The van der Waals surface area contributed by atoms with Gasteiger partial charge in [0.05, 0.1) is 12.3 Å². The lowest BCUT2D eigenvalue weighted by Crippen LogP contribution is -2.48. The summed E-state index contributed by atoms with van der Waals surface area (Å²) in [7, 11) is 0. The fraction of sp³-hybridized carbons (Fsp3) is 0.778. The van der Waals surface area contributed by atoms with Gasteiger partial charge in [-0.05, 0) is 31.6 Å². The Morgan fingerprint density at radius 1 is 1.11 bits per heavy atom. The number of Topliss-reactive ketones (excluding diaryl/α,β-unsaturated/α-hetero) is 1. The summed E-state index contributed by atoms with van der Waals surface area (Å²) < 4.78 is 41.9. The number of halogens is 3. The molecule has 1 saturated carbocycles. The van der Waals surface area contributed by atoms with Gasteiger partial charge in [-0.3, -0.25) is 9.59 Å². The molecule has 0 bridgehead atoms. The number of rotatable bonds is 5. The summed E-state index contributed by atoms with van der Waals surface area (Å²) in [5, 5.41) is 6.21. The molecule has 1 aliphatic heterocycles. The maximum absolute atomic E-state index is 12.7. The van der Waals surface area contributed by atoms with E-state index in [1.54, 1.807) is 0 Å². The number of nitrogens with zero attached hydrogens (tertiary/aromatic N) is 3. The van der Waals surface area contributed by atoms with E-state index in [4.69, 9.17) is 5.73 Å². The molecule has 28 heavy (non-hydrogen) atoms. The minimum absolute atomic E-state index is 0.0726. The average Bonchev–Trinajstić information content (AvgIpc) is 3.11. The van der Waals surface area contributed by atoms with E-state index in [0.717, 1.165) is 25.7 Å². The zero-order valence-corrected chi connectivity index (χ0v) is 15.6. The summed E-state index contributed by atoms with van der Waals surface area (Å²) in [5.41, 5.74) is 6.10. The van der Waals surface area contributed by atoms with E-state index < -0.39 is 12.1 Å². The van der Waals surface area contributed by atoms with Crippen molar-refractivity contribution in [2.75, 3.05) is 13.1 Å². The lowest BCUT2D eigenvalue weighted by molar-refractivity contribution is -0.157. The molecule has 0 radical (unpaired) electrons. The number of aromatic nitrogens is 2. The Kier molecular flexibility index (Phi) is 6.36. The van der Waals surface area contributed by atoms with Crippen LogP contribution < -0.4 is 5.73 Å². The van der Waals surface area contributed by atoms with Gasteiger partial charge in [0.25, 0.3) is 0 Å². The Morgan fingerprint density at radius 2 is 1.79 bits per heavy atom. The summed E-state index contributed by atoms with van der Waals surface area (Å²) in [6.45, 7) is 1.16. The molecule has 7 nitrogen and oxygen atoms in total. The van der Waals surface area contributed by atoms with Gasteiger partial charge in [-0.25, -0.2) is 0 Å². The van der Waals surface area contributed by atoms with Crippen LogP contribution >= 0.6 is 0 Å². The highest BCUT2D eigenvalue weighted by atomic mass is 19.4. The van der Waals surface area contributed by atoms with Crippen LogP contribution in [0, 0.1) is 11.8 Å². The third-order valence-electron chi connectivity index (χ3n) is 5.64. The molecule has 1 amide bonds. The molecule has 0 spiro atoms. The van der Waals surface area contributed by atoms with Crippen molar-refractivity contribution in [3.8, 4) is 0 Å². The second-order valence-electron chi connectivity index (χ2n) is 7.74. The fourth-order valence-corrected chi connectivity index (χ4v) is 4.06. The Balaban J connectivity index is 1.44. The summed E-state index contributed by atoms with van der Waals surface area (Å²) >= 11 is 0. The van der Waals surface area contributed by atoms with Gasteiger partial charge in [-0.15, -0.1) is 10.2 Å². The zero-order valence-electron chi connectivity index (χ0n) is 15.6. The van der Waals surface area contributed by atoms with Crippen LogP contribution in [-0.4, -0.2) is 45.9 Å². The highest BCUT2D eigenvalue weighted by molar-refractivity contribution is 5.81. The minimum atomic E-state index is -4.71. The lowest BCUT2D eigenvalue weighted by Gasteiger charge is -2.37. The van der Waals surface area contributed by atoms with Crippen LogP contribution in [0.25, 0.3) is 0 Å². The standard InChI is InChI=1S/C18H25F3N4O3/c19-18(20,21)17-24-23-15(28-17)10-12(26)9-11-5-7-25(8-6-11)16(27)13-3-1-2-4-14(13)22/h11,13-14H,1-10,22H2/t13-,14-/m0/s1. The van der Waals surface area contributed by atoms with Crippen molar-refractivity contribution in [3.63, 3.8) is 0 Å². The van der Waals surface area contributed by atoms with Gasteiger partial charge in [0.1, 0.15) is 5.78 Å². The molecule has 2 fully saturated rings. The second-order valence-corrected chi connectivity index (χ2v) is 7.74. The SMILES string of the molecule is N[C@H]1CCCC[C@@H]1C(=O)N1CCC(CC(=O)Cc2nnc(C(F)(F)F)o2)CC1. The summed E-state index contributed by atoms with van der Waals surface area (Å²) in [4.78, 5) is 26.7. The third kappa shape index (κ3) is 5.09. The summed E-state index contributed by atoms with van der Waals surface area (Å²) in [6, 6.07) is -0.0726. The van der Waals surface area contributed by atoms with Crippen molar-refractivity contribution >= 4 is 11.7 Å². The van der Waals surface area contributed by atoms with Gasteiger partial charge in [0.2, 0.25) is 11.8 Å². The number of likely N-dealkylation sites (tertiary alicyclic amines) is 1. The van der Waals surface area contributed by atoms with E-state index in [2.05, 4.69) is 14.6 Å². The molecule has 2 N–H and O–H groups in total. The Labute approximate surface area is 160 Å². The molecule has 2 heterocycles. The average molecular weight is 402 g/mol. The van der Waals surface area contributed by atoms with Crippen LogP contribution in [-0.2, 0) is 22.2 Å². The Morgan fingerprint density at radius 3 is 2.39 bits per heavy atom. The predicted molar refractivity (Wildman–Crippen MR) is 91.9 cm³/mol. The Hall–Kier alpha value is -1.97. The molecular weight excluding hydrogens is 377 g/mol. The molecule has 1 aromatic rings. The number of piperidine rings is 1. The van der Waals surface area contributed by atoms with Crippen LogP contribution in [0.4, 0.5) is 13.2 Å². The third-order valence-corrected chi connectivity index (χ3v) is 5.64. The monoisotopic (exact) mass is 402 g/mol. The first kappa shape index (κ1) is 20.8. The molecular formula is C18H25F3N4O3. The number of hydrogen-bond donors (Lipinski definition) is 1. The first-order chi connectivity index (χ1) is 13.2. The van der Waals surface area contributed by atoms with Gasteiger partial charge in [0, 0.05) is 25.6 Å². The van der Waals surface area contributed by atoms with Crippen LogP contribution in [0.2, 0.25) is 0 Å². The molecule has 3 rings (SSSR count). The number of amides is 1. The largest absolute Gasteiger partial charge is 0.470 e. The number of ketones is 1. The van der Waals surface area contributed by atoms with Crippen LogP contribution in [0.5, 0.6) is 0 Å². The number of alkyl halides is 3. The van der Waals surface area contributed by atoms with Crippen LogP contribution in [0.1, 0.15) is 56.7 Å². The van der Waals surface area contributed by atoms with Gasteiger partial charge in [-0.1, -0.05) is 12.8 Å². The van der Waals surface area contributed by atoms with Crippen molar-refractivity contribution in [2.24, 2.45) is 17.6 Å². The van der Waals surface area contributed by atoms with Crippen molar-refractivity contribution in [1.29, 1.82) is 0 Å². The van der Waals surface area contributed by atoms with E-state index >= 15 is 0 Å². The smallest absolute Gasteiger partial charge is 0.417 e. The predicted octanol–water partition coefficient (Wildman–Crippen LogP) is 2.35. The van der Waals surface area contributed by atoms with Crippen molar-refractivity contribution in [3.05, 3.63) is 11.8 Å². The van der Waals surface area contributed by atoms with Gasteiger partial charge in [-0.2, -0.15) is 13.2 Å². The molecule has 1 aromatic heterocycles. The zero-order chi connectivity index (χ0) is 20.3. The molecule has 1 saturated heterocycles. The molecule has 1 aliphatic carbocycles. The van der Waals surface area contributed by atoms with Crippen LogP contribution in [0.3, 0.4) is 0 Å². The second kappa shape index (κ2) is 8.59. The van der Waals surface area contributed by atoms with Crippen molar-refractivity contribution in [1.82, 2.24) is 15.1 Å². The van der Waals surface area contributed by atoms with Crippen molar-refractivity contribution in [2.45, 2.75) is 63.6 Å². The number of carbonyl (C=O) groups is 2. The molecule has 156 valence electrons. The van der Waals surface area contributed by atoms with Crippen LogP contribution in [0.15, 0.2) is 4.42 Å². The minimum Gasteiger partial charge on any atom is -0.417 e. The molecule has 0 aromatic carbocycles. The molecule has 10 heteroatoms. The summed E-state index contributed by atoms with van der Waals surface area (Å²) in [6.07, 6.45) is 0.409. The quantitative estimate of drug-likeness (QED) is 0.811. The van der Waals surface area contributed by atoms with Gasteiger partial charge < -0.3 is 15.1 Å². The highest BCUT2D eigenvalue weighted by Gasteiger charge is 2.38. The van der Waals surface area contributed by atoms with Gasteiger partial charge in [0.15, 0.2) is 0 Å². The van der Waals surface area contributed by atoms with E-state index in [9.17, 15) is 22.8 Å². The first-order valence-electron chi connectivity index (χ1n) is 9.69. The molecule has 0 unspecified atom stereocenters. The van der Waals surface area contributed by atoms with Crippen molar-refractivity contribution < 1.29 is 27.2 Å². The highest BCUT2D eigenvalue weighted by Crippen LogP contribution is 2.29. The number of hydrogen-bond acceptors (Lipinski definition) is 6. The van der Waals surface area contributed by atoms with Gasteiger partial charge >= 0.3 is 12.1 Å². The summed E-state index contributed by atoms with van der Waals surface area (Å²) in [5.74, 6) is -1.90. The lowest BCUT2D eigenvalue weighted by atomic mass is 9.83. The maximum Gasteiger partial charge on any atom is 0.470 e. The van der Waals surface area contributed by atoms with E-state index in [-0.39, 0.29) is 48.3 Å².